The fourth-order valence-corrected chi connectivity index (χ4v) is 1.84. The Balaban J connectivity index is 2.20. The molecule has 0 aliphatic rings. The molecule has 0 bridgehead atoms. The first-order chi connectivity index (χ1) is 9.06. The van der Waals surface area contributed by atoms with Crippen LogP contribution in [0.15, 0.2) is 36.5 Å². The summed E-state index contributed by atoms with van der Waals surface area (Å²) < 4.78 is 19.0. The SMILES string of the molecule is Cc1cc(CC(C)N)cnc1Oc1ccccc1F. The molecular weight excluding hydrogens is 243 g/mol. The maximum absolute atomic E-state index is 13.5. The minimum absolute atomic E-state index is 0.0829. The number of aromatic nitrogens is 1. The molecule has 0 aliphatic heterocycles. The zero-order valence-corrected chi connectivity index (χ0v) is 11.1. The molecule has 0 radical (unpaired) electrons. The lowest BCUT2D eigenvalue weighted by Gasteiger charge is -2.10. The number of aryl methyl sites for hydroxylation is 1. The van der Waals surface area contributed by atoms with Crippen molar-refractivity contribution in [2.24, 2.45) is 5.73 Å². The first kappa shape index (κ1) is 13.5. The Hall–Kier alpha value is -1.94. The average Bonchev–Trinajstić information content (AvgIpc) is 2.34. The molecule has 2 rings (SSSR count). The van der Waals surface area contributed by atoms with E-state index >= 15 is 0 Å². The van der Waals surface area contributed by atoms with Gasteiger partial charge >= 0.3 is 0 Å². The fourth-order valence-electron chi connectivity index (χ4n) is 1.84. The molecule has 100 valence electrons. The smallest absolute Gasteiger partial charge is 0.222 e. The number of hydrogen-bond acceptors (Lipinski definition) is 3. The lowest BCUT2D eigenvalue weighted by Crippen LogP contribution is -2.17. The summed E-state index contributed by atoms with van der Waals surface area (Å²) in [7, 11) is 0. The molecule has 1 aromatic carbocycles. The highest BCUT2D eigenvalue weighted by Gasteiger charge is 2.08. The predicted molar refractivity (Wildman–Crippen MR) is 72.8 cm³/mol. The minimum Gasteiger partial charge on any atom is -0.436 e. The lowest BCUT2D eigenvalue weighted by molar-refractivity contribution is 0.424. The first-order valence-electron chi connectivity index (χ1n) is 6.19. The number of halogens is 1. The van der Waals surface area contributed by atoms with Crippen LogP contribution in [-0.4, -0.2) is 11.0 Å². The Morgan fingerprint density at radius 3 is 2.74 bits per heavy atom. The zero-order chi connectivity index (χ0) is 13.8. The van der Waals surface area contributed by atoms with Crippen molar-refractivity contribution in [3.63, 3.8) is 0 Å². The molecule has 2 N–H and O–H groups in total. The Morgan fingerprint density at radius 2 is 2.11 bits per heavy atom. The maximum atomic E-state index is 13.5. The Kier molecular flexibility index (Phi) is 4.12. The number of hydrogen-bond donors (Lipinski definition) is 1. The van der Waals surface area contributed by atoms with Gasteiger partial charge in [0.05, 0.1) is 0 Å². The molecule has 3 nitrogen and oxygen atoms in total. The van der Waals surface area contributed by atoms with Crippen LogP contribution in [0.4, 0.5) is 4.39 Å². The number of nitrogens with two attached hydrogens (primary N) is 1. The third-order valence-electron chi connectivity index (χ3n) is 2.69. The van der Waals surface area contributed by atoms with Gasteiger partial charge in [0, 0.05) is 17.8 Å². The molecule has 0 saturated heterocycles. The molecule has 2 aromatic rings. The van der Waals surface area contributed by atoms with E-state index in [9.17, 15) is 4.39 Å². The van der Waals surface area contributed by atoms with Gasteiger partial charge in [-0.2, -0.15) is 0 Å². The van der Waals surface area contributed by atoms with Crippen molar-refractivity contribution in [2.75, 3.05) is 0 Å². The van der Waals surface area contributed by atoms with Gasteiger partial charge in [0.2, 0.25) is 5.88 Å². The van der Waals surface area contributed by atoms with E-state index in [-0.39, 0.29) is 11.8 Å². The van der Waals surface area contributed by atoms with E-state index in [1.807, 2.05) is 19.9 Å². The zero-order valence-electron chi connectivity index (χ0n) is 11.1. The van der Waals surface area contributed by atoms with Gasteiger partial charge in [0.15, 0.2) is 11.6 Å². The van der Waals surface area contributed by atoms with Gasteiger partial charge in [-0.3, -0.25) is 0 Å². The van der Waals surface area contributed by atoms with Gasteiger partial charge in [-0.05, 0) is 44.0 Å². The van der Waals surface area contributed by atoms with Crippen LogP contribution in [0.3, 0.4) is 0 Å². The van der Waals surface area contributed by atoms with Gasteiger partial charge in [-0.15, -0.1) is 0 Å². The quantitative estimate of drug-likeness (QED) is 0.918. The van der Waals surface area contributed by atoms with Crippen LogP contribution >= 0.6 is 0 Å². The van der Waals surface area contributed by atoms with Gasteiger partial charge in [0.1, 0.15) is 0 Å². The monoisotopic (exact) mass is 260 g/mol. The van der Waals surface area contributed by atoms with E-state index in [1.54, 1.807) is 24.4 Å². The molecule has 1 unspecified atom stereocenters. The minimum atomic E-state index is -0.400. The second kappa shape index (κ2) is 5.80. The Morgan fingerprint density at radius 1 is 1.37 bits per heavy atom. The van der Waals surface area contributed by atoms with Crippen molar-refractivity contribution in [3.8, 4) is 11.6 Å². The van der Waals surface area contributed by atoms with E-state index in [0.29, 0.717) is 5.88 Å². The molecular formula is C15H17FN2O. The molecule has 1 aromatic heterocycles. The molecule has 0 amide bonds. The van der Waals surface area contributed by atoms with E-state index in [0.717, 1.165) is 17.5 Å². The number of ether oxygens (including phenoxy) is 1. The lowest BCUT2D eigenvalue weighted by atomic mass is 10.1. The molecule has 0 spiro atoms. The van der Waals surface area contributed by atoms with Crippen molar-refractivity contribution in [2.45, 2.75) is 26.3 Å². The van der Waals surface area contributed by atoms with E-state index in [2.05, 4.69) is 4.98 Å². The molecule has 0 fully saturated rings. The number of benzene rings is 1. The molecule has 1 heterocycles. The second-order valence-electron chi connectivity index (χ2n) is 4.68. The summed E-state index contributed by atoms with van der Waals surface area (Å²) in [6.45, 7) is 3.83. The molecule has 4 heteroatoms. The van der Waals surface area contributed by atoms with Crippen LogP contribution in [0.5, 0.6) is 11.6 Å². The van der Waals surface area contributed by atoms with Crippen molar-refractivity contribution in [1.82, 2.24) is 4.98 Å². The second-order valence-corrected chi connectivity index (χ2v) is 4.68. The van der Waals surface area contributed by atoms with Crippen LogP contribution in [0.2, 0.25) is 0 Å². The van der Waals surface area contributed by atoms with Crippen molar-refractivity contribution in [1.29, 1.82) is 0 Å². The summed E-state index contributed by atoms with van der Waals surface area (Å²) in [6.07, 6.45) is 2.47. The molecule has 0 aliphatic carbocycles. The summed E-state index contributed by atoms with van der Waals surface area (Å²) >= 11 is 0. The predicted octanol–water partition coefficient (Wildman–Crippen LogP) is 3.21. The number of pyridine rings is 1. The maximum Gasteiger partial charge on any atom is 0.222 e. The third kappa shape index (κ3) is 3.51. The van der Waals surface area contributed by atoms with Gasteiger partial charge in [0.25, 0.3) is 0 Å². The number of para-hydroxylation sites is 1. The van der Waals surface area contributed by atoms with E-state index < -0.39 is 5.82 Å². The summed E-state index contributed by atoms with van der Waals surface area (Å²) in [4.78, 5) is 4.22. The summed E-state index contributed by atoms with van der Waals surface area (Å²) in [5.41, 5.74) is 7.66. The molecule has 1 atom stereocenters. The van der Waals surface area contributed by atoms with Crippen LogP contribution in [0.1, 0.15) is 18.1 Å². The van der Waals surface area contributed by atoms with E-state index in [4.69, 9.17) is 10.5 Å². The number of nitrogens with zero attached hydrogens (tertiary/aromatic N) is 1. The summed E-state index contributed by atoms with van der Waals surface area (Å²) in [5.74, 6) is 0.194. The first-order valence-corrected chi connectivity index (χ1v) is 6.19. The van der Waals surface area contributed by atoms with Crippen molar-refractivity contribution >= 4 is 0 Å². The highest BCUT2D eigenvalue weighted by atomic mass is 19.1. The highest BCUT2D eigenvalue weighted by Crippen LogP contribution is 2.25. The Labute approximate surface area is 112 Å². The summed E-state index contributed by atoms with van der Waals surface area (Å²) in [5, 5.41) is 0. The Bertz CT molecular complexity index is 570. The standard InChI is InChI=1S/C15H17FN2O/c1-10-7-12(8-11(2)17)9-18-15(10)19-14-6-4-3-5-13(14)16/h3-7,9,11H,8,17H2,1-2H3. The molecule has 0 saturated carbocycles. The van der Waals surface area contributed by atoms with Crippen LogP contribution in [0.25, 0.3) is 0 Å². The average molecular weight is 260 g/mol. The molecule has 19 heavy (non-hydrogen) atoms. The topological polar surface area (TPSA) is 48.1 Å². The van der Waals surface area contributed by atoms with Crippen LogP contribution < -0.4 is 10.5 Å². The van der Waals surface area contributed by atoms with E-state index in [1.165, 1.54) is 6.07 Å². The summed E-state index contributed by atoms with van der Waals surface area (Å²) in [6, 6.07) is 8.32. The van der Waals surface area contributed by atoms with Crippen molar-refractivity contribution in [3.05, 3.63) is 53.5 Å². The number of rotatable bonds is 4. The highest BCUT2D eigenvalue weighted by molar-refractivity contribution is 5.34. The van der Waals surface area contributed by atoms with Gasteiger partial charge in [-0.25, -0.2) is 9.37 Å². The third-order valence-corrected chi connectivity index (χ3v) is 2.69. The fraction of sp³-hybridized carbons (Fsp3) is 0.267. The van der Waals surface area contributed by atoms with Gasteiger partial charge < -0.3 is 10.5 Å². The van der Waals surface area contributed by atoms with Gasteiger partial charge in [-0.1, -0.05) is 12.1 Å². The van der Waals surface area contributed by atoms with Crippen molar-refractivity contribution < 1.29 is 9.13 Å². The van der Waals surface area contributed by atoms with Crippen LogP contribution in [0, 0.1) is 12.7 Å². The largest absolute Gasteiger partial charge is 0.436 e. The van der Waals surface area contributed by atoms with Crippen LogP contribution in [-0.2, 0) is 6.42 Å². The normalized spacial score (nSPS) is 12.2.